The topological polar surface area (TPSA) is 0 Å². The van der Waals surface area contributed by atoms with Gasteiger partial charge in [-0.2, -0.15) is 0 Å². The Morgan fingerprint density at radius 2 is 0.722 bits per heavy atom. The van der Waals surface area contributed by atoms with Gasteiger partial charge in [-0.1, -0.05) is 124 Å². The number of benzene rings is 5. The highest BCUT2D eigenvalue weighted by molar-refractivity contribution is 9.11. The third-order valence-corrected chi connectivity index (χ3v) is 13.9. The molecule has 0 amide bonds. The zero-order chi connectivity index (χ0) is 25.0. The van der Waals surface area contributed by atoms with E-state index in [0.29, 0.717) is 0 Å². The van der Waals surface area contributed by atoms with E-state index < -0.39 is 8.07 Å². The van der Waals surface area contributed by atoms with Crippen molar-refractivity contribution in [2.45, 2.75) is 6.92 Å². The van der Waals surface area contributed by atoms with E-state index in [9.17, 15) is 0 Å². The van der Waals surface area contributed by atoms with Gasteiger partial charge in [0, 0.05) is 17.9 Å². The normalized spacial score (nSPS) is 13.4. The summed E-state index contributed by atoms with van der Waals surface area (Å²) in [6, 6.07) is 37.5. The highest BCUT2D eigenvalue weighted by Gasteiger charge is 2.54. The van der Waals surface area contributed by atoms with Crippen molar-refractivity contribution >= 4 is 92.5 Å². The Morgan fingerprint density at radius 3 is 0.972 bits per heavy atom. The van der Waals surface area contributed by atoms with Gasteiger partial charge in [0.2, 0.25) is 0 Å². The number of hydrogen-bond donors (Lipinski definition) is 0. The highest BCUT2D eigenvalue weighted by Crippen LogP contribution is 2.38. The maximum absolute atomic E-state index is 3.76. The first-order chi connectivity index (χ1) is 17.4. The lowest BCUT2D eigenvalue weighted by Gasteiger charge is -2.28. The van der Waals surface area contributed by atoms with E-state index in [-0.39, 0.29) is 0 Å². The molecular weight excluding hydrogens is 720 g/mol. The van der Waals surface area contributed by atoms with Crippen molar-refractivity contribution in [3.8, 4) is 22.3 Å². The van der Waals surface area contributed by atoms with Crippen molar-refractivity contribution in [1.82, 2.24) is 0 Å². The minimum atomic E-state index is -2.40. The summed E-state index contributed by atoms with van der Waals surface area (Å²) in [6.07, 6.45) is 0. The van der Waals surface area contributed by atoms with E-state index in [0.717, 1.165) is 17.9 Å². The lowest BCUT2D eigenvalue weighted by Crippen LogP contribution is -2.70. The van der Waals surface area contributed by atoms with Crippen LogP contribution >= 0.6 is 63.7 Å². The number of rotatable bonds is 0. The Bertz CT molecular complexity index is 1430. The molecule has 0 unspecified atom stereocenters. The van der Waals surface area contributed by atoms with E-state index in [2.05, 4.69) is 156 Å². The van der Waals surface area contributed by atoms with Gasteiger partial charge < -0.3 is 0 Å². The maximum Gasteiger partial charge on any atom is 0.182 e. The molecule has 0 aliphatic carbocycles. The standard InChI is InChI=1S/C24H12Br4Si.C7H8/c25-13-1-5-17-18-6-2-14(26)10-22(18)29(21(17)9-13)23-11-15(27)3-7-19(23)20-8-4-16(28)12-24(20)29;1-7-5-3-2-4-6-7/h1-12H;2-6H,1H3. The number of halogens is 4. The summed E-state index contributed by atoms with van der Waals surface area (Å²) in [7, 11) is -2.40. The van der Waals surface area contributed by atoms with E-state index in [4.69, 9.17) is 0 Å². The van der Waals surface area contributed by atoms with Crippen molar-refractivity contribution in [2.75, 3.05) is 0 Å². The molecule has 0 nitrogen and oxygen atoms in total. The second-order valence-corrected chi connectivity index (χ2v) is 16.5. The Kier molecular flexibility index (Phi) is 6.50. The van der Waals surface area contributed by atoms with Crippen LogP contribution in [0.4, 0.5) is 0 Å². The fourth-order valence-electron chi connectivity index (χ4n) is 5.65. The van der Waals surface area contributed by atoms with Gasteiger partial charge >= 0.3 is 0 Å². The Labute approximate surface area is 246 Å². The first-order valence-corrected chi connectivity index (χ1v) is 16.8. The van der Waals surface area contributed by atoms with Crippen molar-refractivity contribution in [3.63, 3.8) is 0 Å². The Morgan fingerprint density at radius 1 is 0.417 bits per heavy atom. The van der Waals surface area contributed by atoms with Gasteiger partial charge in [-0.3, -0.25) is 0 Å². The average Bonchev–Trinajstić information content (AvgIpc) is 3.30. The molecule has 7 rings (SSSR count). The molecule has 0 N–H and O–H groups in total. The quantitative estimate of drug-likeness (QED) is 0.138. The summed E-state index contributed by atoms with van der Waals surface area (Å²) < 4.78 is 4.54. The monoisotopic (exact) mass is 736 g/mol. The van der Waals surface area contributed by atoms with Crippen LogP contribution in [0.5, 0.6) is 0 Å². The largest absolute Gasteiger partial charge is 0.182 e. The second kappa shape index (κ2) is 9.52. The predicted octanol–water partition coefficient (Wildman–Crippen LogP) is 8.07. The Balaban J connectivity index is 0.000000299. The Hall–Kier alpha value is -1.76. The second-order valence-electron chi connectivity index (χ2n) is 9.16. The van der Waals surface area contributed by atoms with Crippen LogP contribution in [0.15, 0.2) is 121 Å². The molecule has 2 aliphatic rings. The number of fused-ring (bicyclic) bond motifs is 10. The fraction of sp³-hybridized carbons (Fsp3) is 0.0323. The van der Waals surface area contributed by atoms with Crippen LogP contribution < -0.4 is 20.7 Å². The average molecular weight is 740 g/mol. The minimum Gasteiger partial charge on any atom is -0.0622 e. The van der Waals surface area contributed by atoms with Gasteiger partial charge in [-0.15, -0.1) is 0 Å². The fourth-order valence-corrected chi connectivity index (χ4v) is 13.7. The van der Waals surface area contributed by atoms with Crippen LogP contribution in [0, 0.1) is 6.92 Å². The summed E-state index contributed by atoms with van der Waals surface area (Å²) in [5.41, 5.74) is 6.77. The smallest absolute Gasteiger partial charge is 0.0622 e. The van der Waals surface area contributed by atoms with Crippen molar-refractivity contribution < 1.29 is 0 Å². The predicted molar refractivity (Wildman–Crippen MR) is 170 cm³/mol. The summed E-state index contributed by atoms with van der Waals surface area (Å²) in [5.74, 6) is 0. The van der Waals surface area contributed by atoms with E-state index in [1.54, 1.807) is 0 Å². The van der Waals surface area contributed by atoms with Gasteiger partial charge in [0.15, 0.2) is 8.07 Å². The van der Waals surface area contributed by atoms with E-state index in [1.165, 1.54) is 48.6 Å². The molecule has 0 bridgehead atoms. The summed E-state index contributed by atoms with van der Waals surface area (Å²) in [5, 5.41) is 5.87. The number of aryl methyl sites for hydroxylation is 1. The van der Waals surface area contributed by atoms with Crippen LogP contribution in [-0.4, -0.2) is 8.07 Å². The minimum absolute atomic E-state index is 1.13. The third kappa shape index (κ3) is 3.86. The zero-order valence-electron chi connectivity index (χ0n) is 19.3. The highest BCUT2D eigenvalue weighted by atomic mass is 79.9. The molecule has 5 aromatic carbocycles. The number of hydrogen-bond acceptors (Lipinski definition) is 0. The van der Waals surface area contributed by atoms with Gasteiger partial charge in [-0.25, -0.2) is 0 Å². The molecule has 2 heterocycles. The summed E-state index contributed by atoms with van der Waals surface area (Å²) >= 11 is 15.0. The molecule has 0 saturated carbocycles. The van der Waals surface area contributed by atoms with Crippen LogP contribution in [0.3, 0.4) is 0 Å². The first kappa shape index (κ1) is 24.6. The molecule has 176 valence electrons. The summed E-state index contributed by atoms with van der Waals surface area (Å²) in [6.45, 7) is 2.08. The first-order valence-electron chi connectivity index (χ1n) is 11.6. The SMILES string of the molecule is Brc1ccc2c(c1)[Si]1(c3cc(Br)ccc3-2)c2cc(Br)ccc2-c2ccc(Br)cc21.Cc1ccccc1. The van der Waals surface area contributed by atoms with Crippen molar-refractivity contribution in [1.29, 1.82) is 0 Å². The molecule has 5 aromatic rings. The molecule has 0 saturated heterocycles. The van der Waals surface area contributed by atoms with Crippen LogP contribution in [0.2, 0.25) is 0 Å². The molecule has 0 radical (unpaired) electrons. The van der Waals surface area contributed by atoms with Crippen LogP contribution in [-0.2, 0) is 0 Å². The van der Waals surface area contributed by atoms with E-state index in [1.807, 2.05) is 18.2 Å². The molecule has 5 heteroatoms. The molecule has 36 heavy (non-hydrogen) atoms. The third-order valence-electron chi connectivity index (χ3n) is 7.06. The van der Waals surface area contributed by atoms with Gasteiger partial charge in [-0.05, 0) is 98.5 Å². The summed E-state index contributed by atoms with van der Waals surface area (Å²) in [4.78, 5) is 0. The zero-order valence-corrected chi connectivity index (χ0v) is 26.7. The van der Waals surface area contributed by atoms with Crippen LogP contribution in [0.25, 0.3) is 22.3 Å². The van der Waals surface area contributed by atoms with Gasteiger partial charge in [0.25, 0.3) is 0 Å². The lowest BCUT2D eigenvalue weighted by molar-refractivity contribution is 1.48. The van der Waals surface area contributed by atoms with Crippen LogP contribution in [0.1, 0.15) is 5.56 Å². The maximum atomic E-state index is 3.76. The molecule has 0 fully saturated rings. The van der Waals surface area contributed by atoms with Gasteiger partial charge in [0.05, 0.1) is 0 Å². The molecular formula is C31H20Br4Si. The lowest BCUT2D eigenvalue weighted by atomic mass is 10.1. The van der Waals surface area contributed by atoms with Crippen molar-refractivity contribution in [2.24, 2.45) is 0 Å². The molecule has 0 atom stereocenters. The molecule has 0 aromatic heterocycles. The van der Waals surface area contributed by atoms with Crippen molar-refractivity contribution in [3.05, 3.63) is 127 Å². The van der Waals surface area contributed by atoms with Gasteiger partial charge in [0.1, 0.15) is 0 Å². The van der Waals surface area contributed by atoms with E-state index >= 15 is 0 Å². The molecule has 2 aliphatic heterocycles. The molecule has 1 spiro atoms.